The van der Waals surface area contributed by atoms with Gasteiger partial charge in [0.25, 0.3) is 0 Å². The molecule has 0 aliphatic carbocycles. The number of alkyl halides is 1. The Kier molecular flexibility index (Phi) is 4.02. The number of nitrogens with two attached hydrogens (primary N) is 1. The van der Waals surface area contributed by atoms with E-state index in [-0.39, 0.29) is 12.6 Å². The molecule has 100 valence electrons. The third-order valence-corrected chi connectivity index (χ3v) is 3.08. The van der Waals surface area contributed by atoms with Gasteiger partial charge in [-0.2, -0.15) is 0 Å². The van der Waals surface area contributed by atoms with Crippen molar-refractivity contribution in [3.8, 4) is 0 Å². The van der Waals surface area contributed by atoms with Crippen molar-refractivity contribution in [1.82, 2.24) is 4.90 Å². The highest BCUT2D eigenvalue weighted by Gasteiger charge is 2.41. The van der Waals surface area contributed by atoms with Crippen LogP contribution >= 0.6 is 0 Å². The predicted octanol–water partition coefficient (Wildman–Crippen LogP) is 1.93. The van der Waals surface area contributed by atoms with E-state index in [1.807, 2.05) is 20.8 Å². The van der Waals surface area contributed by atoms with Crippen molar-refractivity contribution >= 4 is 6.09 Å². The lowest BCUT2D eigenvalue weighted by molar-refractivity contribution is -0.0138. The summed E-state index contributed by atoms with van der Waals surface area (Å²) in [6.07, 6.45) is -1.01. The van der Waals surface area contributed by atoms with Crippen molar-refractivity contribution in [2.45, 2.75) is 45.9 Å². The molecule has 1 aliphatic rings. The van der Waals surface area contributed by atoms with Crippen molar-refractivity contribution in [1.29, 1.82) is 0 Å². The second-order valence-electron chi connectivity index (χ2n) is 6.02. The maximum Gasteiger partial charge on any atom is 0.410 e. The highest BCUT2D eigenvalue weighted by Crippen LogP contribution is 2.31. The summed E-state index contributed by atoms with van der Waals surface area (Å²) >= 11 is 0. The molecule has 0 spiro atoms. The molecule has 0 aromatic heterocycles. The molecule has 5 heteroatoms. The van der Waals surface area contributed by atoms with E-state index in [1.54, 1.807) is 11.8 Å². The van der Waals surface area contributed by atoms with Gasteiger partial charge in [-0.15, -0.1) is 0 Å². The second-order valence-corrected chi connectivity index (χ2v) is 6.02. The van der Waals surface area contributed by atoms with E-state index < -0.39 is 17.2 Å². The summed E-state index contributed by atoms with van der Waals surface area (Å²) in [5.41, 5.74) is 4.42. The van der Waals surface area contributed by atoms with Gasteiger partial charge in [-0.3, -0.25) is 0 Å². The maximum atomic E-state index is 13.7. The molecule has 1 amide bonds. The second kappa shape index (κ2) is 4.80. The van der Waals surface area contributed by atoms with Crippen LogP contribution in [0.4, 0.5) is 9.18 Å². The fourth-order valence-electron chi connectivity index (χ4n) is 1.91. The topological polar surface area (TPSA) is 55.6 Å². The Bertz CT molecular complexity index is 291. The molecule has 4 nitrogen and oxygen atoms in total. The van der Waals surface area contributed by atoms with Crippen LogP contribution < -0.4 is 5.73 Å². The van der Waals surface area contributed by atoms with Crippen molar-refractivity contribution in [2.24, 2.45) is 11.1 Å². The molecule has 1 saturated heterocycles. The molecule has 0 bridgehead atoms. The Hall–Kier alpha value is -0.840. The number of halogens is 1. The van der Waals surface area contributed by atoms with Crippen LogP contribution in [-0.4, -0.2) is 42.4 Å². The summed E-state index contributed by atoms with van der Waals surface area (Å²) in [4.78, 5) is 13.4. The van der Waals surface area contributed by atoms with E-state index in [2.05, 4.69) is 0 Å². The maximum absolute atomic E-state index is 13.7. The van der Waals surface area contributed by atoms with E-state index in [9.17, 15) is 9.18 Å². The fourth-order valence-corrected chi connectivity index (χ4v) is 1.91. The monoisotopic (exact) mass is 246 g/mol. The third-order valence-electron chi connectivity index (χ3n) is 3.08. The van der Waals surface area contributed by atoms with Gasteiger partial charge in [0.15, 0.2) is 0 Å². The van der Waals surface area contributed by atoms with E-state index in [1.165, 1.54) is 0 Å². The van der Waals surface area contributed by atoms with Gasteiger partial charge < -0.3 is 15.4 Å². The lowest BCUT2D eigenvalue weighted by Crippen LogP contribution is -2.54. The molecule has 0 aromatic carbocycles. The summed E-state index contributed by atoms with van der Waals surface area (Å²) in [6.45, 7) is 8.16. The average Bonchev–Trinajstić information content (AvgIpc) is 2.19. The number of rotatable bonds is 1. The molecule has 2 N–H and O–H groups in total. The van der Waals surface area contributed by atoms with Crippen LogP contribution in [0, 0.1) is 5.41 Å². The van der Waals surface area contributed by atoms with Gasteiger partial charge in [0, 0.05) is 25.0 Å². The Morgan fingerprint density at radius 1 is 1.59 bits per heavy atom. The Labute approximate surface area is 102 Å². The number of hydrogen-bond donors (Lipinski definition) is 1. The summed E-state index contributed by atoms with van der Waals surface area (Å²) in [6, 6.07) is 0. The first-order valence-corrected chi connectivity index (χ1v) is 6.00. The standard InChI is InChI=1S/C12H23FN2O2/c1-11(2,3)17-10(16)15-6-5-9(13)12(4,7-14)8-15/h9H,5-8,14H2,1-4H3. The Morgan fingerprint density at radius 2 is 2.18 bits per heavy atom. The van der Waals surface area contributed by atoms with E-state index in [0.717, 1.165) is 0 Å². The zero-order valence-corrected chi connectivity index (χ0v) is 11.1. The number of likely N-dealkylation sites (tertiary alicyclic amines) is 1. The molecule has 1 aliphatic heterocycles. The van der Waals surface area contributed by atoms with Gasteiger partial charge in [0.1, 0.15) is 11.8 Å². The number of carbonyl (C=O) groups excluding carboxylic acids is 1. The van der Waals surface area contributed by atoms with Gasteiger partial charge in [-0.05, 0) is 27.2 Å². The molecule has 0 radical (unpaired) electrons. The van der Waals surface area contributed by atoms with Gasteiger partial charge in [0.05, 0.1) is 0 Å². The van der Waals surface area contributed by atoms with E-state index in [0.29, 0.717) is 19.5 Å². The van der Waals surface area contributed by atoms with Gasteiger partial charge >= 0.3 is 6.09 Å². The largest absolute Gasteiger partial charge is 0.444 e. The SMILES string of the molecule is CC(C)(C)OC(=O)N1CCC(F)C(C)(CN)C1. The Balaban J connectivity index is 2.66. The molecule has 1 fully saturated rings. The molecule has 17 heavy (non-hydrogen) atoms. The number of nitrogens with zero attached hydrogens (tertiary/aromatic N) is 1. The highest BCUT2D eigenvalue weighted by atomic mass is 19.1. The zero-order valence-electron chi connectivity index (χ0n) is 11.1. The number of amides is 1. The molecule has 2 unspecified atom stereocenters. The molecule has 0 saturated carbocycles. The summed E-state index contributed by atoms with van der Waals surface area (Å²) < 4.78 is 19.0. The van der Waals surface area contributed by atoms with Crippen LogP contribution in [0.3, 0.4) is 0 Å². The fraction of sp³-hybridized carbons (Fsp3) is 0.917. The van der Waals surface area contributed by atoms with Crippen LogP contribution in [0.1, 0.15) is 34.1 Å². The van der Waals surface area contributed by atoms with Crippen LogP contribution in [0.25, 0.3) is 0 Å². The van der Waals surface area contributed by atoms with Crippen molar-refractivity contribution in [3.63, 3.8) is 0 Å². The molecule has 2 atom stereocenters. The van der Waals surface area contributed by atoms with Crippen molar-refractivity contribution in [2.75, 3.05) is 19.6 Å². The van der Waals surface area contributed by atoms with Crippen molar-refractivity contribution in [3.05, 3.63) is 0 Å². The number of hydrogen-bond acceptors (Lipinski definition) is 3. The lowest BCUT2D eigenvalue weighted by atomic mass is 9.80. The normalized spacial score (nSPS) is 30.2. The minimum atomic E-state index is -0.953. The first kappa shape index (κ1) is 14.2. The quantitative estimate of drug-likeness (QED) is 0.769. The van der Waals surface area contributed by atoms with Crippen LogP contribution in [0.2, 0.25) is 0 Å². The van der Waals surface area contributed by atoms with Gasteiger partial charge in [0.2, 0.25) is 0 Å². The van der Waals surface area contributed by atoms with Crippen LogP contribution in [0.15, 0.2) is 0 Å². The minimum absolute atomic E-state index is 0.230. The molecule has 1 heterocycles. The third kappa shape index (κ3) is 3.56. The summed E-state index contributed by atoms with van der Waals surface area (Å²) in [7, 11) is 0. The van der Waals surface area contributed by atoms with Gasteiger partial charge in [-0.1, -0.05) is 6.92 Å². The Morgan fingerprint density at radius 3 is 2.65 bits per heavy atom. The first-order valence-electron chi connectivity index (χ1n) is 6.00. The van der Waals surface area contributed by atoms with Crippen LogP contribution in [0.5, 0.6) is 0 Å². The number of carbonyl (C=O) groups is 1. The van der Waals surface area contributed by atoms with Crippen molar-refractivity contribution < 1.29 is 13.9 Å². The lowest BCUT2D eigenvalue weighted by Gasteiger charge is -2.42. The van der Waals surface area contributed by atoms with Crippen LogP contribution in [-0.2, 0) is 4.74 Å². The molecule has 0 aromatic rings. The smallest absolute Gasteiger partial charge is 0.410 e. The van der Waals surface area contributed by atoms with E-state index in [4.69, 9.17) is 10.5 Å². The number of ether oxygens (including phenoxy) is 1. The molecule has 1 rings (SSSR count). The first-order chi connectivity index (χ1) is 7.68. The predicted molar refractivity (Wildman–Crippen MR) is 64.5 cm³/mol. The highest BCUT2D eigenvalue weighted by molar-refractivity contribution is 5.68. The molecular formula is C12H23FN2O2. The zero-order chi connectivity index (χ0) is 13.3. The van der Waals surface area contributed by atoms with E-state index >= 15 is 0 Å². The number of piperidine rings is 1. The minimum Gasteiger partial charge on any atom is -0.444 e. The van der Waals surface area contributed by atoms with Gasteiger partial charge in [-0.25, -0.2) is 9.18 Å². The average molecular weight is 246 g/mol. The summed E-state index contributed by atoms with van der Waals surface area (Å²) in [5, 5.41) is 0. The molecular weight excluding hydrogens is 223 g/mol. The summed E-state index contributed by atoms with van der Waals surface area (Å²) in [5.74, 6) is 0.